The quantitative estimate of drug-likeness (QED) is 0.810. The minimum Gasteiger partial charge on any atom is -0.370 e. The monoisotopic (exact) mass is 204 g/mol. The average Bonchev–Trinajstić information content (AvgIpc) is 2.29. The van der Waals surface area contributed by atoms with Crippen molar-refractivity contribution in [3.63, 3.8) is 0 Å². The summed E-state index contributed by atoms with van der Waals surface area (Å²) in [6.45, 7) is 2.48. The molecule has 1 aliphatic heterocycles. The Hall–Kier alpha value is -1.35. The van der Waals surface area contributed by atoms with Crippen molar-refractivity contribution in [3.8, 4) is 0 Å². The standard InChI is InChI=1S/C12H16N2O/c13-7-3-8-14-9-6-12(15)10-4-1-2-5-11(10)14/h1-2,4-5H,3,6-9,13H2. The molecule has 2 rings (SSSR count). The number of fused-ring (bicyclic) bond motifs is 1. The first-order valence-corrected chi connectivity index (χ1v) is 5.40. The molecule has 3 nitrogen and oxygen atoms in total. The second kappa shape index (κ2) is 4.45. The van der Waals surface area contributed by atoms with Gasteiger partial charge in [0.25, 0.3) is 0 Å². The minimum absolute atomic E-state index is 0.259. The van der Waals surface area contributed by atoms with Crippen LogP contribution in [0.1, 0.15) is 23.2 Å². The Morgan fingerprint density at radius 3 is 2.93 bits per heavy atom. The van der Waals surface area contributed by atoms with Crippen molar-refractivity contribution in [1.29, 1.82) is 0 Å². The van der Waals surface area contributed by atoms with Gasteiger partial charge in [0.1, 0.15) is 0 Å². The lowest BCUT2D eigenvalue weighted by molar-refractivity contribution is 0.0980. The van der Waals surface area contributed by atoms with E-state index in [1.54, 1.807) is 0 Å². The van der Waals surface area contributed by atoms with Crippen LogP contribution in [0.3, 0.4) is 0 Å². The summed E-state index contributed by atoms with van der Waals surface area (Å²) in [6, 6.07) is 7.82. The molecule has 0 fully saturated rings. The Balaban J connectivity index is 2.24. The number of nitrogens with two attached hydrogens (primary N) is 1. The lowest BCUT2D eigenvalue weighted by Gasteiger charge is -2.30. The van der Waals surface area contributed by atoms with E-state index in [0.29, 0.717) is 13.0 Å². The van der Waals surface area contributed by atoms with Gasteiger partial charge in [0.2, 0.25) is 0 Å². The maximum atomic E-state index is 11.7. The number of benzene rings is 1. The van der Waals surface area contributed by atoms with Crippen LogP contribution in [0.2, 0.25) is 0 Å². The van der Waals surface area contributed by atoms with E-state index in [1.165, 1.54) is 0 Å². The van der Waals surface area contributed by atoms with Crippen molar-refractivity contribution in [2.75, 3.05) is 24.5 Å². The largest absolute Gasteiger partial charge is 0.370 e. The molecule has 0 aromatic heterocycles. The fourth-order valence-corrected chi connectivity index (χ4v) is 1.99. The number of Topliss-reactive ketones (excluding diaryl/α,β-unsaturated/α-hetero) is 1. The number of anilines is 1. The normalized spacial score (nSPS) is 15.3. The fourth-order valence-electron chi connectivity index (χ4n) is 1.99. The maximum Gasteiger partial charge on any atom is 0.166 e. The van der Waals surface area contributed by atoms with E-state index >= 15 is 0 Å². The number of para-hydroxylation sites is 1. The topological polar surface area (TPSA) is 46.3 Å². The van der Waals surface area contributed by atoms with Crippen LogP contribution in [0.15, 0.2) is 24.3 Å². The minimum atomic E-state index is 0.259. The zero-order chi connectivity index (χ0) is 10.7. The molecule has 15 heavy (non-hydrogen) atoms. The smallest absolute Gasteiger partial charge is 0.166 e. The van der Waals surface area contributed by atoms with E-state index in [1.807, 2.05) is 24.3 Å². The highest BCUT2D eigenvalue weighted by Crippen LogP contribution is 2.26. The Morgan fingerprint density at radius 2 is 2.13 bits per heavy atom. The number of nitrogens with zero attached hydrogens (tertiary/aromatic N) is 1. The number of carbonyl (C=O) groups is 1. The number of rotatable bonds is 3. The summed E-state index contributed by atoms with van der Waals surface area (Å²) >= 11 is 0. The fraction of sp³-hybridized carbons (Fsp3) is 0.417. The van der Waals surface area contributed by atoms with Crippen molar-refractivity contribution < 1.29 is 4.79 Å². The van der Waals surface area contributed by atoms with Gasteiger partial charge >= 0.3 is 0 Å². The zero-order valence-corrected chi connectivity index (χ0v) is 8.78. The van der Waals surface area contributed by atoms with Crippen LogP contribution < -0.4 is 10.6 Å². The molecule has 2 N–H and O–H groups in total. The summed E-state index contributed by atoms with van der Waals surface area (Å²) in [4.78, 5) is 13.9. The molecule has 0 saturated heterocycles. The third kappa shape index (κ3) is 2.02. The summed E-state index contributed by atoms with van der Waals surface area (Å²) in [5.41, 5.74) is 7.43. The number of ketones is 1. The van der Waals surface area contributed by atoms with E-state index in [2.05, 4.69) is 4.90 Å². The number of carbonyl (C=O) groups excluding carboxylic acids is 1. The third-order valence-electron chi connectivity index (χ3n) is 2.79. The highest BCUT2D eigenvalue weighted by Gasteiger charge is 2.21. The maximum absolute atomic E-state index is 11.7. The predicted molar refractivity (Wildman–Crippen MR) is 61.3 cm³/mol. The second-order valence-electron chi connectivity index (χ2n) is 3.82. The predicted octanol–water partition coefficient (Wildman–Crippen LogP) is 1.43. The Kier molecular flexibility index (Phi) is 3.02. The summed E-state index contributed by atoms with van der Waals surface area (Å²) in [5.74, 6) is 0.259. The molecule has 1 aromatic carbocycles. The molecule has 3 heteroatoms. The van der Waals surface area contributed by atoms with Crippen molar-refractivity contribution in [3.05, 3.63) is 29.8 Å². The summed E-state index contributed by atoms with van der Waals surface area (Å²) in [6.07, 6.45) is 1.60. The van der Waals surface area contributed by atoms with Crippen LogP contribution >= 0.6 is 0 Å². The van der Waals surface area contributed by atoms with Gasteiger partial charge in [-0.25, -0.2) is 0 Å². The zero-order valence-electron chi connectivity index (χ0n) is 8.78. The van der Waals surface area contributed by atoms with Gasteiger partial charge in [-0.05, 0) is 25.1 Å². The van der Waals surface area contributed by atoms with E-state index in [0.717, 1.165) is 30.8 Å². The molecule has 0 saturated carbocycles. The number of hydrogen-bond acceptors (Lipinski definition) is 3. The molecule has 80 valence electrons. The van der Waals surface area contributed by atoms with Gasteiger partial charge in [0.05, 0.1) is 0 Å². The van der Waals surface area contributed by atoms with Crippen LogP contribution in [0, 0.1) is 0 Å². The molecule has 0 spiro atoms. The van der Waals surface area contributed by atoms with Crippen LogP contribution in [0.5, 0.6) is 0 Å². The van der Waals surface area contributed by atoms with Gasteiger partial charge in [-0.2, -0.15) is 0 Å². The molecule has 0 aliphatic carbocycles. The van der Waals surface area contributed by atoms with Crippen molar-refractivity contribution in [1.82, 2.24) is 0 Å². The van der Waals surface area contributed by atoms with Gasteiger partial charge in [0, 0.05) is 30.8 Å². The summed E-state index contributed by atoms with van der Waals surface area (Å²) in [7, 11) is 0. The van der Waals surface area contributed by atoms with Crippen molar-refractivity contribution in [2.24, 2.45) is 5.73 Å². The van der Waals surface area contributed by atoms with Gasteiger partial charge in [-0.1, -0.05) is 12.1 Å². The molecule has 0 bridgehead atoms. The SMILES string of the molecule is NCCCN1CCC(=O)c2ccccc21. The lowest BCUT2D eigenvalue weighted by atomic mass is 10.0. The van der Waals surface area contributed by atoms with Crippen molar-refractivity contribution in [2.45, 2.75) is 12.8 Å². The van der Waals surface area contributed by atoms with E-state index in [-0.39, 0.29) is 5.78 Å². The summed E-state index contributed by atoms with van der Waals surface area (Å²) < 4.78 is 0. The Bertz CT molecular complexity index is 362. The molecule has 0 atom stereocenters. The van der Waals surface area contributed by atoms with Crippen LogP contribution in [0.25, 0.3) is 0 Å². The Morgan fingerprint density at radius 1 is 1.33 bits per heavy atom. The number of hydrogen-bond donors (Lipinski definition) is 1. The molecule has 1 aromatic rings. The van der Waals surface area contributed by atoms with Gasteiger partial charge < -0.3 is 10.6 Å². The highest BCUT2D eigenvalue weighted by molar-refractivity contribution is 6.03. The molecule has 1 aliphatic rings. The molecule has 0 unspecified atom stereocenters. The van der Waals surface area contributed by atoms with E-state index in [4.69, 9.17) is 5.73 Å². The van der Waals surface area contributed by atoms with Crippen LogP contribution in [0.4, 0.5) is 5.69 Å². The van der Waals surface area contributed by atoms with Crippen LogP contribution in [-0.2, 0) is 0 Å². The van der Waals surface area contributed by atoms with Crippen molar-refractivity contribution >= 4 is 11.5 Å². The highest BCUT2D eigenvalue weighted by atomic mass is 16.1. The average molecular weight is 204 g/mol. The molecule has 0 amide bonds. The molecule has 0 radical (unpaired) electrons. The Labute approximate surface area is 89.9 Å². The third-order valence-corrected chi connectivity index (χ3v) is 2.79. The van der Waals surface area contributed by atoms with E-state index in [9.17, 15) is 4.79 Å². The van der Waals surface area contributed by atoms with Gasteiger partial charge in [-0.3, -0.25) is 4.79 Å². The first kappa shape index (κ1) is 10.2. The second-order valence-corrected chi connectivity index (χ2v) is 3.82. The first-order valence-electron chi connectivity index (χ1n) is 5.40. The molecular formula is C12H16N2O. The molecular weight excluding hydrogens is 188 g/mol. The van der Waals surface area contributed by atoms with E-state index < -0.39 is 0 Å². The first-order chi connectivity index (χ1) is 7.33. The van der Waals surface area contributed by atoms with Gasteiger partial charge in [0.15, 0.2) is 5.78 Å². The summed E-state index contributed by atoms with van der Waals surface area (Å²) in [5, 5.41) is 0. The van der Waals surface area contributed by atoms with Crippen LogP contribution in [-0.4, -0.2) is 25.4 Å². The molecule has 1 heterocycles. The lowest BCUT2D eigenvalue weighted by Crippen LogP contribution is -2.33. The van der Waals surface area contributed by atoms with Gasteiger partial charge in [-0.15, -0.1) is 0 Å².